The van der Waals surface area contributed by atoms with Gasteiger partial charge in [-0.25, -0.2) is 9.18 Å². The van der Waals surface area contributed by atoms with Crippen molar-refractivity contribution >= 4 is 11.9 Å². The Morgan fingerprint density at radius 2 is 2.00 bits per heavy atom. The minimum absolute atomic E-state index is 0.0864. The van der Waals surface area contributed by atoms with Crippen LogP contribution in [0.3, 0.4) is 0 Å². The SMILES string of the molecule is CN1CCN(CC(=O)N[C@@H]2CCCN(Cc3ccc(F)cc3)C2)C1=O. The van der Waals surface area contributed by atoms with Crippen LogP contribution in [0.2, 0.25) is 0 Å². The van der Waals surface area contributed by atoms with Crippen LogP contribution in [-0.4, -0.2) is 72.5 Å². The average Bonchev–Trinajstić information content (AvgIpc) is 2.89. The summed E-state index contributed by atoms with van der Waals surface area (Å²) in [4.78, 5) is 29.6. The summed E-state index contributed by atoms with van der Waals surface area (Å²) in [5, 5.41) is 3.05. The summed E-state index contributed by atoms with van der Waals surface area (Å²) in [5.41, 5.74) is 1.07. The molecule has 1 N–H and O–H groups in total. The lowest BCUT2D eigenvalue weighted by atomic mass is 10.0. The van der Waals surface area contributed by atoms with E-state index in [1.54, 1.807) is 29.0 Å². The first-order chi connectivity index (χ1) is 12.0. The average molecular weight is 348 g/mol. The highest BCUT2D eigenvalue weighted by Crippen LogP contribution is 2.14. The summed E-state index contributed by atoms with van der Waals surface area (Å²) in [6.07, 6.45) is 1.96. The minimum atomic E-state index is -0.227. The quantitative estimate of drug-likeness (QED) is 0.872. The summed E-state index contributed by atoms with van der Waals surface area (Å²) in [6.45, 7) is 3.89. The van der Waals surface area contributed by atoms with Gasteiger partial charge in [-0.1, -0.05) is 12.1 Å². The standard InChI is InChI=1S/C18H25FN4O2/c1-21-9-10-23(18(21)25)13-17(24)20-16-3-2-8-22(12-16)11-14-4-6-15(19)7-5-14/h4-7,16H,2-3,8-13H2,1H3,(H,20,24)/t16-/m1/s1. The zero-order chi connectivity index (χ0) is 17.8. The molecule has 1 aromatic rings. The molecular weight excluding hydrogens is 323 g/mol. The Bertz CT molecular complexity index is 622. The molecular formula is C18H25FN4O2. The molecule has 1 aromatic carbocycles. The molecule has 2 fully saturated rings. The Kier molecular flexibility index (Phi) is 5.53. The number of carbonyl (C=O) groups excluding carboxylic acids is 2. The molecule has 0 radical (unpaired) electrons. The number of likely N-dealkylation sites (tertiary alicyclic amines) is 1. The molecule has 0 aliphatic carbocycles. The smallest absolute Gasteiger partial charge is 0.320 e. The molecule has 2 heterocycles. The van der Waals surface area contributed by atoms with E-state index in [2.05, 4.69) is 10.2 Å². The second-order valence-corrected chi connectivity index (χ2v) is 6.89. The number of rotatable bonds is 5. The Morgan fingerprint density at radius 3 is 2.68 bits per heavy atom. The maximum atomic E-state index is 13.0. The summed E-state index contributed by atoms with van der Waals surface area (Å²) in [6, 6.07) is 6.56. The van der Waals surface area contributed by atoms with Crippen LogP contribution in [0.5, 0.6) is 0 Å². The number of hydrogen-bond donors (Lipinski definition) is 1. The van der Waals surface area contributed by atoms with Crippen molar-refractivity contribution in [3.63, 3.8) is 0 Å². The van der Waals surface area contributed by atoms with E-state index in [-0.39, 0.29) is 30.3 Å². The van der Waals surface area contributed by atoms with E-state index in [4.69, 9.17) is 0 Å². The molecule has 2 saturated heterocycles. The Balaban J connectivity index is 1.47. The van der Waals surface area contributed by atoms with E-state index in [0.29, 0.717) is 13.1 Å². The lowest BCUT2D eigenvalue weighted by Gasteiger charge is -2.33. The van der Waals surface area contributed by atoms with Gasteiger partial charge in [-0.05, 0) is 37.1 Å². The molecule has 1 atom stereocenters. The molecule has 0 spiro atoms. The number of nitrogens with one attached hydrogen (secondary N) is 1. The molecule has 136 valence electrons. The molecule has 3 rings (SSSR count). The number of urea groups is 1. The maximum Gasteiger partial charge on any atom is 0.320 e. The van der Waals surface area contributed by atoms with E-state index < -0.39 is 0 Å². The molecule has 6 nitrogen and oxygen atoms in total. The molecule has 3 amide bonds. The Labute approximate surface area is 147 Å². The van der Waals surface area contributed by atoms with Gasteiger partial charge in [-0.2, -0.15) is 0 Å². The highest BCUT2D eigenvalue weighted by Gasteiger charge is 2.28. The van der Waals surface area contributed by atoms with Crippen LogP contribution in [-0.2, 0) is 11.3 Å². The molecule has 7 heteroatoms. The third-order valence-electron chi connectivity index (χ3n) is 4.83. The van der Waals surface area contributed by atoms with Crippen LogP contribution >= 0.6 is 0 Å². The van der Waals surface area contributed by atoms with Gasteiger partial charge < -0.3 is 15.1 Å². The van der Waals surface area contributed by atoms with Gasteiger partial charge >= 0.3 is 6.03 Å². The van der Waals surface area contributed by atoms with Gasteiger partial charge in [0.25, 0.3) is 0 Å². The predicted octanol–water partition coefficient (Wildman–Crippen LogP) is 1.27. The van der Waals surface area contributed by atoms with E-state index >= 15 is 0 Å². The molecule has 2 aliphatic heterocycles. The van der Waals surface area contributed by atoms with Crippen LogP contribution in [0.4, 0.5) is 9.18 Å². The molecule has 25 heavy (non-hydrogen) atoms. The molecule has 0 saturated carbocycles. The summed E-state index contributed by atoms with van der Waals surface area (Å²) in [7, 11) is 1.74. The van der Waals surface area contributed by atoms with Crippen LogP contribution in [0, 0.1) is 5.82 Å². The zero-order valence-electron chi connectivity index (χ0n) is 14.6. The van der Waals surface area contributed by atoms with Crippen molar-refractivity contribution in [2.24, 2.45) is 0 Å². The number of carbonyl (C=O) groups is 2. The molecule has 0 unspecified atom stereocenters. The zero-order valence-corrected chi connectivity index (χ0v) is 14.6. The molecule has 0 bridgehead atoms. The van der Waals surface area contributed by atoms with Crippen molar-refractivity contribution in [3.05, 3.63) is 35.6 Å². The molecule has 2 aliphatic rings. The number of halogens is 1. The fraction of sp³-hybridized carbons (Fsp3) is 0.556. The number of amides is 3. The van der Waals surface area contributed by atoms with Crippen molar-refractivity contribution in [2.45, 2.75) is 25.4 Å². The number of nitrogens with zero attached hydrogens (tertiary/aromatic N) is 3. The van der Waals surface area contributed by atoms with E-state index in [1.165, 1.54) is 12.1 Å². The topological polar surface area (TPSA) is 55.9 Å². The highest BCUT2D eigenvalue weighted by molar-refractivity contribution is 5.85. The van der Waals surface area contributed by atoms with E-state index in [1.807, 2.05) is 0 Å². The van der Waals surface area contributed by atoms with Gasteiger partial charge in [0, 0.05) is 39.3 Å². The first-order valence-electron chi connectivity index (χ1n) is 8.77. The second-order valence-electron chi connectivity index (χ2n) is 6.89. The maximum absolute atomic E-state index is 13.0. The third-order valence-corrected chi connectivity index (χ3v) is 4.83. The molecule has 0 aromatic heterocycles. The Hall–Kier alpha value is -2.15. The van der Waals surface area contributed by atoms with Gasteiger partial charge in [-0.3, -0.25) is 9.69 Å². The number of piperidine rings is 1. The van der Waals surface area contributed by atoms with Crippen LogP contribution in [0.15, 0.2) is 24.3 Å². The van der Waals surface area contributed by atoms with Crippen molar-refractivity contribution in [3.8, 4) is 0 Å². The minimum Gasteiger partial charge on any atom is -0.351 e. The first kappa shape index (κ1) is 17.7. The van der Waals surface area contributed by atoms with Gasteiger partial charge in [0.15, 0.2) is 0 Å². The number of hydrogen-bond acceptors (Lipinski definition) is 3. The fourth-order valence-corrected chi connectivity index (χ4v) is 3.46. The van der Waals surface area contributed by atoms with Gasteiger partial charge in [0.05, 0.1) is 0 Å². The largest absolute Gasteiger partial charge is 0.351 e. The summed E-state index contributed by atoms with van der Waals surface area (Å²) in [5.74, 6) is -0.327. The second kappa shape index (κ2) is 7.82. The van der Waals surface area contributed by atoms with Crippen molar-refractivity contribution in [2.75, 3.05) is 39.8 Å². The van der Waals surface area contributed by atoms with Gasteiger partial charge in [0.2, 0.25) is 5.91 Å². The van der Waals surface area contributed by atoms with Gasteiger partial charge in [-0.15, -0.1) is 0 Å². The van der Waals surface area contributed by atoms with E-state index in [0.717, 1.165) is 38.0 Å². The van der Waals surface area contributed by atoms with Crippen LogP contribution < -0.4 is 5.32 Å². The fourth-order valence-electron chi connectivity index (χ4n) is 3.46. The summed E-state index contributed by atoms with van der Waals surface area (Å²) >= 11 is 0. The van der Waals surface area contributed by atoms with Crippen LogP contribution in [0.1, 0.15) is 18.4 Å². The third kappa shape index (κ3) is 4.69. The highest BCUT2D eigenvalue weighted by atomic mass is 19.1. The normalized spacial score (nSPS) is 21.7. The first-order valence-corrected chi connectivity index (χ1v) is 8.77. The van der Waals surface area contributed by atoms with Crippen molar-refractivity contribution in [1.82, 2.24) is 20.0 Å². The van der Waals surface area contributed by atoms with Crippen molar-refractivity contribution in [1.29, 1.82) is 0 Å². The summed E-state index contributed by atoms with van der Waals surface area (Å²) < 4.78 is 13.0. The van der Waals surface area contributed by atoms with E-state index in [9.17, 15) is 14.0 Å². The number of likely N-dealkylation sites (N-methyl/N-ethyl adjacent to an activating group) is 1. The van der Waals surface area contributed by atoms with Gasteiger partial charge in [0.1, 0.15) is 12.4 Å². The number of benzene rings is 1. The lowest BCUT2D eigenvalue weighted by molar-refractivity contribution is -0.122. The van der Waals surface area contributed by atoms with Crippen LogP contribution in [0.25, 0.3) is 0 Å². The Morgan fingerprint density at radius 1 is 1.24 bits per heavy atom. The lowest BCUT2D eigenvalue weighted by Crippen LogP contribution is -2.50. The van der Waals surface area contributed by atoms with Crippen molar-refractivity contribution < 1.29 is 14.0 Å². The predicted molar refractivity (Wildman–Crippen MR) is 92.4 cm³/mol. The monoisotopic (exact) mass is 348 g/mol.